The lowest BCUT2D eigenvalue weighted by Gasteiger charge is -2.22. The second kappa shape index (κ2) is 5.15. The van der Waals surface area contributed by atoms with E-state index in [4.69, 9.17) is 5.26 Å². The molecule has 0 bridgehead atoms. The molecule has 1 N–H and O–H groups in total. The summed E-state index contributed by atoms with van der Waals surface area (Å²) in [5, 5.41) is 9.52. The highest BCUT2D eigenvalue weighted by atomic mass is 16.1. The van der Waals surface area contributed by atoms with Gasteiger partial charge in [0.15, 0.2) is 0 Å². The van der Waals surface area contributed by atoms with Gasteiger partial charge in [0.25, 0.3) is 0 Å². The molecule has 0 aliphatic heterocycles. The molecule has 0 saturated heterocycles. The first-order chi connectivity index (χ1) is 9.12. The molecule has 0 spiro atoms. The summed E-state index contributed by atoms with van der Waals surface area (Å²) in [6.45, 7) is 7.91. The first kappa shape index (κ1) is 13.2. The van der Waals surface area contributed by atoms with E-state index in [9.17, 15) is 4.79 Å². The summed E-state index contributed by atoms with van der Waals surface area (Å²) in [7, 11) is 0. The van der Waals surface area contributed by atoms with Gasteiger partial charge in [0, 0.05) is 30.4 Å². The van der Waals surface area contributed by atoms with Crippen molar-refractivity contribution in [3.05, 3.63) is 39.7 Å². The molecule has 0 saturated carbocycles. The van der Waals surface area contributed by atoms with Crippen LogP contribution in [0.2, 0.25) is 0 Å². The summed E-state index contributed by atoms with van der Waals surface area (Å²) in [6, 6.07) is 5.86. The summed E-state index contributed by atoms with van der Waals surface area (Å²) in [4.78, 5) is 17.4. The highest BCUT2D eigenvalue weighted by molar-refractivity contribution is 5.86. The third-order valence-corrected chi connectivity index (χ3v) is 3.42. The first-order valence-electron chi connectivity index (χ1n) is 6.43. The Morgan fingerprint density at radius 3 is 2.58 bits per heavy atom. The number of fused-ring (bicyclic) bond motifs is 1. The van der Waals surface area contributed by atoms with Crippen LogP contribution < -0.4 is 10.3 Å². The van der Waals surface area contributed by atoms with Gasteiger partial charge in [-0.25, -0.2) is 0 Å². The lowest BCUT2D eigenvalue weighted by atomic mass is 10.1. The second-order valence-corrected chi connectivity index (χ2v) is 4.50. The van der Waals surface area contributed by atoms with Crippen molar-refractivity contribution in [2.45, 2.75) is 20.8 Å². The fourth-order valence-electron chi connectivity index (χ4n) is 2.35. The molecule has 98 valence electrons. The van der Waals surface area contributed by atoms with Crippen LogP contribution in [0, 0.1) is 18.3 Å². The number of H-pyrrole nitrogens is 1. The summed E-state index contributed by atoms with van der Waals surface area (Å²) in [5.41, 5.74) is 2.80. The molecule has 0 amide bonds. The highest BCUT2D eigenvalue weighted by Crippen LogP contribution is 2.22. The number of aromatic nitrogens is 1. The van der Waals surface area contributed by atoms with Gasteiger partial charge in [0.05, 0.1) is 5.52 Å². The SMILES string of the molecule is CCN(CC)c1cc(C)c2[nH]cc(C#N)c(=O)c2c1. The number of aromatic amines is 1. The molecule has 2 rings (SSSR count). The van der Waals surface area contributed by atoms with Crippen LogP contribution >= 0.6 is 0 Å². The van der Waals surface area contributed by atoms with Crippen LogP contribution in [0.25, 0.3) is 10.9 Å². The summed E-state index contributed by atoms with van der Waals surface area (Å²) >= 11 is 0. The predicted molar refractivity (Wildman–Crippen MR) is 77.6 cm³/mol. The van der Waals surface area contributed by atoms with Crippen LogP contribution in [0.1, 0.15) is 25.0 Å². The second-order valence-electron chi connectivity index (χ2n) is 4.50. The summed E-state index contributed by atoms with van der Waals surface area (Å²) in [5.74, 6) is 0. The van der Waals surface area contributed by atoms with E-state index in [2.05, 4.69) is 29.8 Å². The average molecular weight is 255 g/mol. The average Bonchev–Trinajstić information content (AvgIpc) is 2.41. The Labute approximate surface area is 112 Å². The summed E-state index contributed by atoms with van der Waals surface area (Å²) in [6.07, 6.45) is 1.48. The van der Waals surface area contributed by atoms with Crippen LogP contribution in [-0.4, -0.2) is 18.1 Å². The van der Waals surface area contributed by atoms with E-state index in [1.165, 1.54) is 6.20 Å². The Balaban J connectivity index is 2.77. The zero-order valence-electron chi connectivity index (χ0n) is 11.4. The molecule has 1 heterocycles. The molecule has 2 aromatic rings. The minimum Gasteiger partial charge on any atom is -0.372 e. The van der Waals surface area contributed by atoms with Crippen molar-refractivity contribution < 1.29 is 0 Å². The van der Waals surface area contributed by atoms with E-state index in [1.807, 2.05) is 19.1 Å². The van der Waals surface area contributed by atoms with Gasteiger partial charge in [-0.2, -0.15) is 5.26 Å². The van der Waals surface area contributed by atoms with Crippen molar-refractivity contribution in [3.8, 4) is 6.07 Å². The number of pyridine rings is 1. The maximum Gasteiger partial charge on any atom is 0.207 e. The van der Waals surface area contributed by atoms with Gasteiger partial charge >= 0.3 is 0 Å². The van der Waals surface area contributed by atoms with Gasteiger partial charge in [-0.05, 0) is 38.5 Å². The van der Waals surface area contributed by atoms with Crippen LogP contribution in [0.5, 0.6) is 0 Å². The van der Waals surface area contributed by atoms with Crippen molar-refractivity contribution in [1.29, 1.82) is 5.26 Å². The van der Waals surface area contributed by atoms with E-state index < -0.39 is 0 Å². The molecule has 19 heavy (non-hydrogen) atoms. The van der Waals surface area contributed by atoms with E-state index in [-0.39, 0.29) is 11.0 Å². The third kappa shape index (κ3) is 2.19. The van der Waals surface area contributed by atoms with Crippen molar-refractivity contribution in [1.82, 2.24) is 4.98 Å². The van der Waals surface area contributed by atoms with Gasteiger partial charge in [-0.3, -0.25) is 4.79 Å². The molecule has 0 radical (unpaired) electrons. The lowest BCUT2D eigenvalue weighted by Crippen LogP contribution is -2.22. The monoisotopic (exact) mass is 255 g/mol. The highest BCUT2D eigenvalue weighted by Gasteiger charge is 2.10. The molecule has 4 nitrogen and oxygen atoms in total. The molecule has 0 fully saturated rings. The smallest absolute Gasteiger partial charge is 0.207 e. The lowest BCUT2D eigenvalue weighted by molar-refractivity contribution is 0.866. The van der Waals surface area contributed by atoms with Crippen molar-refractivity contribution >= 4 is 16.6 Å². The molecule has 0 aliphatic rings. The van der Waals surface area contributed by atoms with E-state index in [0.29, 0.717) is 5.39 Å². The zero-order valence-corrected chi connectivity index (χ0v) is 11.4. The largest absolute Gasteiger partial charge is 0.372 e. The maximum absolute atomic E-state index is 12.2. The van der Waals surface area contributed by atoms with E-state index in [0.717, 1.165) is 29.9 Å². The van der Waals surface area contributed by atoms with Crippen molar-refractivity contribution in [2.24, 2.45) is 0 Å². The summed E-state index contributed by atoms with van der Waals surface area (Å²) < 4.78 is 0. The first-order valence-corrected chi connectivity index (χ1v) is 6.43. The molecule has 0 aliphatic carbocycles. The Morgan fingerprint density at radius 2 is 2.00 bits per heavy atom. The van der Waals surface area contributed by atoms with Gasteiger partial charge in [-0.1, -0.05) is 0 Å². The number of aryl methyl sites for hydroxylation is 1. The minimum absolute atomic E-state index is 0.156. The number of anilines is 1. The quantitative estimate of drug-likeness (QED) is 0.916. The minimum atomic E-state index is -0.201. The Kier molecular flexibility index (Phi) is 3.57. The molecule has 0 unspecified atom stereocenters. The fraction of sp³-hybridized carbons (Fsp3) is 0.333. The maximum atomic E-state index is 12.2. The van der Waals surface area contributed by atoms with Gasteiger partial charge < -0.3 is 9.88 Å². The van der Waals surface area contributed by atoms with Gasteiger partial charge in [-0.15, -0.1) is 0 Å². The number of benzene rings is 1. The molecule has 4 heteroatoms. The van der Waals surface area contributed by atoms with Gasteiger partial charge in [0.2, 0.25) is 5.43 Å². The standard InChI is InChI=1S/C15H17N3O/c1-4-18(5-2)12-6-10(3)14-13(7-12)15(19)11(8-16)9-17-14/h6-7,9H,4-5H2,1-3H3,(H,17,19). The molecule has 1 aromatic heterocycles. The number of hydrogen-bond acceptors (Lipinski definition) is 3. The Bertz CT molecular complexity index is 706. The van der Waals surface area contributed by atoms with Crippen molar-refractivity contribution in [2.75, 3.05) is 18.0 Å². The van der Waals surface area contributed by atoms with Crippen LogP contribution in [0.3, 0.4) is 0 Å². The predicted octanol–water partition coefficient (Wildman–Crippen LogP) is 2.55. The number of rotatable bonds is 3. The Hall–Kier alpha value is -2.28. The molecular formula is C15H17N3O. The third-order valence-electron chi connectivity index (χ3n) is 3.42. The normalized spacial score (nSPS) is 10.4. The van der Waals surface area contributed by atoms with Crippen LogP contribution in [0.15, 0.2) is 23.1 Å². The zero-order chi connectivity index (χ0) is 14.0. The molecule has 1 aromatic carbocycles. The van der Waals surface area contributed by atoms with Crippen LogP contribution in [0.4, 0.5) is 5.69 Å². The van der Waals surface area contributed by atoms with Gasteiger partial charge in [0.1, 0.15) is 11.6 Å². The van der Waals surface area contributed by atoms with E-state index in [1.54, 1.807) is 0 Å². The van der Waals surface area contributed by atoms with E-state index >= 15 is 0 Å². The topological polar surface area (TPSA) is 59.9 Å². The molecular weight excluding hydrogens is 238 g/mol. The van der Waals surface area contributed by atoms with Crippen LogP contribution in [-0.2, 0) is 0 Å². The fourth-order valence-corrected chi connectivity index (χ4v) is 2.35. The number of nitrogens with one attached hydrogen (secondary N) is 1. The number of nitrogens with zero attached hydrogens (tertiary/aromatic N) is 2. The number of nitriles is 1. The molecule has 0 atom stereocenters. The number of hydrogen-bond donors (Lipinski definition) is 1. The Morgan fingerprint density at radius 1 is 1.32 bits per heavy atom. The van der Waals surface area contributed by atoms with Crippen molar-refractivity contribution in [3.63, 3.8) is 0 Å².